The van der Waals surface area contributed by atoms with Gasteiger partial charge in [0.1, 0.15) is 17.1 Å². The minimum Gasteiger partial charge on any atom is -0.453 e. The molecule has 162 valence electrons. The number of carbonyl (C=O) groups is 3. The number of fused-ring (bicyclic) bond motifs is 1. The second-order valence-electron chi connectivity index (χ2n) is 6.86. The fraction of sp³-hybridized carbons (Fsp3) is 0.500. The topological polar surface area (TPSA) is 122 Å². The molecule has 0 N–H and O–H groups in total. The molecule has 3 heterocycles. The summed E-state index contributed by atoms with van der Waals surface area (Å²) in [4.78, 5) is 49.8. The molecule has 0 aromatic carbocycles. The Bertz CT molecular complexity index is 996. The molecule has 0 bridgehead atoms. The van der Waals surface area contributed by atoms with E-state index in [1.54, 1.807) is 16.8 Å². The SMILES string of the molecule is CON(C)C(=O)[C@H]1O[C@@H](n2ccc3c(Cl)ncnc32)[C@H](OC(C)=O)[C@]1(C)OC(C)=O. The molecular weight excluding hydrogens is 420 g/mol. The van der Waals surface area contributed by atoms with Crippen LogP contribution in [0.4, 0.5) is 0 Å². The molecule has 0 radical (unpaired) electrons. The molecule has 1 saturated heterocycles. The number of hydrogen-bond acceptors (Lipinski definition) is 9. The van der Waals surface area contributed by atoms with Gasteiger partial charge in [-0.1, -0.05) is 11.6 Å². The molecule has 4 atom stereocenters. The van der Waals surface area contributed by atoms with Gasteiger partial charge in [-0.3, -0.25) is 19.2 Å². The Hall–Kier alpha value is -2.76. The van der Waals surface area contributed by atoms with E-state index in [1.807, 2.05) is 0 Å². The van der Waals surface area contributed by atoms with Crippen LogP contribution in [-0.4, -0.2) is 69.4 Å². The Morgan fingerprint density at radius 1 is 1.27 bits per heavy atom. The van der Waals surface area contributed by atoms with E-state index in [0.717, 1.165) is 5.06 Å². The Morgan fingerprint density at radius 3 is 2.57 bits per heavy atom. The van der Waals surface area contributed by atoms with Crippen LogP contribution in [0, 0.1) is 0 Å². The van der Waals surface area contributed by atoms with Crippen LogP contribution >= 0.6 is 11.6 Å². The summed E-state index contributed by atoms with van der Waals surface area (Å²) in [7, 11) is 2.68. The van der Waals surface area contributed by atoms with Crippen molar-refractivity contribution in [2.24, 2.45) is 0 Å². The lowest BCUT2D eigenvalue weighted by Gasteiger charge is -2.34. The maximum atomic E-state index is 12.9. The van der Waals surface area contributed by atoms with Crippen molar-refractivity contribution in [1.29, 1.82) is 0 Å². The number of esters is 2. The maximum absolute atomic E-state index is 12.9. The van der Waals surface area contributed by atoms with Gasteiger partial charge in [0.2, 0.25) is 0 Å². The molecule has 2 aromatic heterocycles. The van der Waals surface area contributed by atoms with Gasteiger partial charge >= 0.3 is 11.9 Å². The van der Waals surface area contributed by atoms with Gasteiger partial charge in [-0.15, -0.1) is 0 Å². The molecule has 12 heteroatoms. The van der Waals surface area contributed by atoms with Crippen molar-refractivity contribution in [3.63, 3.8) is 0 Å². The zero-order chi connectivity index (χ0) is 22.2. The van der Waals surface area contributed by atoms with Crippen molar-refractivity contribution >= 4 is 40.5 Å². The third-order valence-corrected chi connectivity index (χ3v) is 5.12. The van der Waals surface area contributed by atoms with Gasteiger partial charge in [0.25, 0.3) is 5.91 Å². The number of hydrogen-bond donors (Lipinski definition) is 0. The third kappa shape index (κ3) is 3.71. The largest absolute Gasteiger partial charge is 0.453 e. The average molecular weight is 441 g/mol. The number of nitrogens with zero attached hydrogens (tertiary/aromatic N) is 4. The number of likely N-dealkylation sites (N-methyl/N-ethyl adjacent to an activating group) is 1. The summed E-state index contributed by atoms with van der Waals surface area (Å²) in [6.45, 7) is 3.85. The smallest absolute Gasteiger partial charge is 0.303 e. The number of ether oxygens (including phenoxy) is 3. The highest BCUT2D eigenvalue weighted by Crippen LogP contribution is 2.44. The minimum atomic E-state index is -1.65. The van der Waals surface area contributed by atoms with Crippen LogP contribution < -0.4 is 0 Å². The summed E-state index contributed by atoms with van der Waals surface area (Å²) < 4.78 is 18.5. The maximum Gasteiger partial charge on any atom is 0.303 e. The first-order valence-electron chi connectivity index (χ1n) is 8.91. The summed E-state index contributed by atoms with van der Waals surface area (Å²) in [5.41, 5.74) is -1.27. The van der Waals surface area contributed by atoms with Gasteiger partial charge in [0, 0.05) is 27.1 Å². The van der Waals surface area contributed by atoms with E-state index in [4.69, 9.17) is 30.6 Å². The van der Waals surface area contributed by atoms with Gasteiger partial charge < -0.3 is 18.8 Å². The predicted molar refractivity (Wildman–Crippen MR) is 102 cm³/mol. The molecule has 0 aliphatic carbocycles. The van der Waals surface area contributed by atoms with Gasteiger partial charge in [-0.05, 0) is 13.0 Å². The number of carbonyl (C=O) groups excluding carboxylic acids is 3. The molecule has 0 saturated carbocycles. The van der Waals surface area contributed by atoms with E-state index in [9.17, 15) is 14.4 Å². The van der Waals surface area contributed by atoms with Crippen LogP contribution in [0.25, 0.3) is 11.0 Å². The number of amides is 1. The number of halogens is 1. The van der Waals surface area contributed by atoms with Gasteiger partial charge in [-0.25, -0.2) is 15.0 Å². The molecule has 1 aliphatic rings. The monoisotopic (exact) mass is 440 g/mol. The molecule has 3 rings (SSSR count). The van der Waals surface area contributed by atoms with Crippen molar-refractivity contribution in [1.82, 2.24) is 19.6 Å². The molecule has 1 fully saturated rings. The van der Waals surface area contributed by atoms with Crippen LogP contribution in [-0.2, 0) is 33.4 Å². The van der Waals surface area contributed by atoms with Crippen molar-refractivity contribution in [2.75, 3.05) is 14.2 Å². The minimum absolute atomic E-state index is 0.218. The van der Waals surface area contributed by atoms with Crippen LogP contribution in [0.1, 0.15) is 27.0 Å². The lowest BCUT2D eigenvalue weighted by atomic mass is 9.93. The third-order valence-electron chi connectivity index (χ3n) is 4.82. The lowest BCUT2D eigenvalue weighted by Crippen LogP contribution is -2.55. The van der Waals surface area contributed by atoms with Crippen LogP contribution in [0.3, 0.4) is 0 Å². The highest BCUT2D eigenvalue weighted by atomic mass is 35.5. The standard InChI is InChI=1S/C18H21ClN4O7/c1-9(24)28-13-17(23-7-6-11-14(19)20-8-21-15(11)23)29-12(16(26)22(4)27-5)18(13,3)30-10(2)25/h6-8,12-13,17H,1-5H3/t12-,13+,17-,18-/m1/s1. The van der Waals surface area contributed by atoms with Crippen LogP contribution in [0.2, 0.25) is 5.15 Å². The van der Waals surface area contributed by atoms with Gasteiger partial charge in [0.05, 0.1) is 12.5 Å². The van der Waals surface area contributed by atoms with Crippen molar-refractivity contribution < 1.29 is 33.4 Å². The van der Waals surface area contributed by atoms with Crippen molar-refractivity contribution in [2.45, 2.75) is 44.8 Å². The zero-order valence-electron chi connectivity index (χ0n) is 17.0. The number of hydroxylamine groups is 2. The first kappa shape index (κ1) is 21.9. The Morgan fingerprint density at radius 2 is 1.97 bits per heavy atom. The second-order valence-corrected chi connectivity index (χ2v) is 7.22. The molecule has 30 heavy (non-hydrogen) atoms. The highest BCUT2D eigenvalue weighted by molar-refractivity contribution is 6.33. The van der Waals surface area contributed by atoms with E-state index in [2.05, 4.69) is 9.97 Å². The first-order chi connectivity index (χ1) is 14.1. The van der Waals surface area contributed by atoms with E-state index in [1.165, 1.54) is 41.3 Å². The number of aromatic nitrogens is 3. The highest BCUT2D eigenvalue weighted by Gasteiger charge is 2.62. The lowest BCUT2D eigenvalue weighted by molar-refractivity contribution is -0.197. The van der Waals surface area contributed by atoms with Crippen molar-refractivity contribution in [3.8, 4) is 0 Å². The van der Waals surface area contributed by atoms with Crippen molar-refractivity contribution in [3.05, 3.63) is 23.7 Å². The molecular formula is C18H21ClN4O7. The van der Waals surface area contributed by atoms with E-state index in [0.29, 0.717) is 11.0 Å². The summed E-state index contributed by atoms with van der Waals surface area (Å²) in [5, 5.41) is 1.68. The molecule has 1 amide bonds. The number of rotatable bonds is 5. The van der Waals surface area contributed by atoms with Crippen LogP contribution in [0.5, 0.6) is 0 Å². The quantitative estimate of drug-likeness (QED) is 0.384. The zero-order valence-corrected chi connectivity index (χ0v) is 17.7. The Labute approximate surface area is 176 Å². The fourth-order valence-corrected chi connectivity index (χ4v) is 3.66. The summed E-state index contributed by atoms with van der Waals surface area (Å²) in [5.74, 6) is -1.96. The van der Waals surface area contributed by atoms with E-state index >= 15 is 0 Å². The summed E-state index contributed by atoms with van der Waals surface area (Å²) in [6, 6.07) is 1.66. The molecule has 0 unspecified atom stereocenters. The average Bonchev–Trinajstić information content (AvgIpc) is 3.20. The van der Waals surface area contributed by atoms with Gasteiger partial charge in [-0.2, -0.15) is 0 Å². The fourth-order valence-electron chi connectivity index (χ4n) is 3.47. The van der Waals surface area contributed by atoms with Crippen LogP contribution in [0.15, 0.2) is 18.6 Å². The first-order valence-corrected chi connectivity index (χ1v) is 9.29. The van der Waals surface area contributed by atoms with Gasteiger partial charge in [0.15, 0.2) is 24.0 Å². The Balaban J connectivity index is 2.15. The molecule has 2 aromatic rings. The normalized spacial score (nSPS) is 25.9. The second kappa shape index (κ2) is 8.17. The van der Waals surface area contributed by atoms with E-state index in [-0.39, 0.29) is 5.15 Å². The molecule has 11 nitrogen and oxygen atoms in total. The molecule has 1 aliphatic heterocycles. The summed E-state index contributed by atoms with van der Waals surface area (Å²) in [6.07, 6.45) is -0.698. The Kier molecular flexibility index (Phi) is 5.97. The summed E-state index contributed by atoms with van der Waals surface area (Å²) >= 11 is 6.12. The predicted octanol–water partition coefficient (Wildman–Crippen LogP) is 1.26. The van der Waals surface area contributed by atoms with E-state index < -0.39 is 41.9 Å². The molecule has 0 spiro atoms.